The monoisotopic (exact) mass is 333 g/mol. The van der Waals surface area contributed by atoms with Crippen LogP contribution < -0.4 is 5.11 Å². The highest BCUT2D eigenvalue weighted by atomic mass is 16.4. The number of hydrogen-bond acceptors (Lipinski definition) is 3. The Balaban J connectivity index is 2.01. The van der Waals surface area contributed by atoms with E-state index in [-0.39, 0.29) is 5.91 Å². The van der Waals surface area contributed by atoms with E-state index in [1.165, 1.54) is 4.90 Å². The van der Waals surface area contributed by atoms with E-state index < -0.39 is 18.6 Å². The molecule has 0 fully saturated rings. The molecule has 0 N–H and O–H groups in total. The molecule has 1 aliphatic heterocycles. The highest BCUT2D eigenvalue weighted by Crippen LogP contribution is 2.43. The molecule has 5 heteroatoms. The Kier molecular flexibility index (Phi) is 3.39. The van der Waals surface area contributed by atoms with Gasteiger partial charge in [-0.2, -0.15) is 0 Å². The van der Waals surface area contributed by atoms with Crippen LogP contribution in [0.3, 0.4) is 0 Å². The fourth-order valence-corrected chi connectivity index (χ4v) is 3.88. The molecule has 0 unspecified atom stereocenters. The number of nitrogens with zero attached hydrogens (tertiary/aromatic N) is 2. The second kappa shape index (κ2) is 5.48. The summed E-state index contributed by atoms with van der Waals surface area (Å²) >= 11 is 0. The summed E-state index contributed by atoms with van der Waals surface area (Å²) in [5.74, 6) is -1.53. The zero-order chi connectivity index (χ0) is 17.7. The van der Waals surface area contributed by atoms with Gasteiger partial charge in [0.25, 0.3) is 5.91 Å². The molecule has 5 nitrogen and oxygen atoms in total. The lowest BCUT2D eigenvalue weighted by atomic mass is 9.95. The van der Waals surface area contributed by atoms with Crippen LogP contribution in [0.25, 0.3) is 10.9 Å². The van der Waals surface area contributed by atoms with Crippen LogP contribution in [0.15, 0.2) is 48.5 Å². The topological polar surface area (TPSA) is 65.4 Å². The first kappa shape index (κ1) is 15.4. The average Bonchev–Trinajstić information content (AvgIpc) is 3.01. The van der Waals surface area contributed by atoms with E-state index in [4.69, 9.17) is 0 Å². The van der Waals surface area contributed by atoms with Crippen molar-refractivity contribution in [2.24, 2.45) is 7.05 Å². The smallest absolute Gasteiger partial charge is 0.255 e. The Labute approximate surface area is 145 Å². The number of aryl methyl sites for hydroxylation is 1. The Bertz CT molecular complexity index is 1020. The summed E-state index contributed by atoms with van der Waals surface area (Å²) in [6, 6.07) is 14.9. The number of amides is 1. The number of carbonyl (C=O) groups is 2. The third kappa shape index (κ3) is 2.16. The van der Waals surface area contributed by atoms with E-state index in [0.29, 0.717) is 5.56 Å². The second-order valence-corrected chi connectivity index (χ2v) is 6.37. The van der Waals surface area contributed by atoms with E-state index >= 15 is 0 Å². The van der Waals surface area contributed by atoms with Crippen molar-refractivity contribution in [2.45, 2.75) is 13.0 Å². The van der Waals surface area contributed by atoms with Crippen molar-refractivity contribution < 1.29 is 14.7 Å². The van der Waals surface area contributed by atoms with Gasteiger partial charge in [-0.05, 0) is 24.6 Å². The van der Waals surface area contributed by atoms with Gasteiger partial charge in [-0.1, -0.05) is 36.4 Å². The lowest BCUT2D eigenvalue weighted by molar-refractivity contribution is -0.305. The van der Waals surface area contributed by atoms with E-state index in [1.54, 1.807) is 12.1 Å². The number of fused-ring (bicyclic) bond motifs is 2. The van der Waals surface area contributed by atoms with E-state index in [1.807, 2.05) is 50.4 Å². The van der Waals surface area contributed by atoms with Gasteiger partial charge >= 0.3 is 0 Å². The maximum absolute atomic E-state index is 12.8. The summed E-state index contributed by atoms with van der Waals surface area (Å²) in [6.45, 7) is 1.57. The van der Waals surface area contributed by atoms with E-state index in [9.17, 15) is 14.7 Å². The van der Waals surface area contributed by atoms with Crippen molar-refractivity contribution in [1.29, 1.82) is 0 Å². The Hall–Kier alpha value is -3.08. The minimum Gasteiger partial charge on any atom is -0.548 e. The maximum Gasteiger partial charge on any atom is 0.255 e. The molecule has 0 bridgehead atoms. The largest absolute Gasteiger partial charge is 0.548 e. The number of para-hydroxylation sites is 1. The fourth-order valence-electron chi connectivity index (χ4n) is 3.88. The number of benzene rings is 2. The summed E-state index contributed by atoms with van der Waals surface area (Å²) in [5, 5.41) is 12.3. The molecule has 3 aromatic rings. The zero-order valence-corrected chi connectivity index (χ0v) is 14.0. The molecule has 1 amide bonds. The molecule has 126 valence electrons. The predicted octanol–water partition coefficient (Wildman–Crippen LogP) is 1.78. The van der Waals surface area contributed by atoms with Gasteiger partial charge < -0.3 is 19.4 Å². The zero-order valence-electron chi connectivity index (χ0n) is 14.0. The van der Waals surface area contributed by atoms with Crippen LogP contribution in [0.1, 0.15) is 33.2 Å². The van der Waals surface area contributed by atoms with Gasteiger partial charge in [0.2, 0.25) is 0 Å². The minimum absolute atomic E-state index is 0.267. The molecule has 2 heterocycles. The second-order valence-electron chi connectivity index (χ2n) is 6.37. The van der Waals surface area contributed by atoms with Crippen molar-refractivity contribution in [1.82, 2.24) is 9.47 Å². The molecule has 0 saturated carbocycles. The van der Waals surface area contributed by atoms with Crippen LogP contribution >= 0.6 is 0 Å². The quantitative estimate of drug-likeness (QED) is 0.734. The molecule has 1 atom stereocenters. The van der Waals surface area contributed by atoms with E-state index in [0.717, 1.165) is 27.7 Å². The number of hydrogen-bond donors (Lipinski definition) is 0. The fraction of sp³-hybridized carbons (Fsp3) is 0.200. The van der Waals surface area contributed by atoms with Gasteiger partial charge in [0.05, 0.1) is 18.6 Å². The number of carboxylic acid groups (broad SMARTS) is 1. The molecule has 1 aliphatic rings. The standard InChI is InChI=1S/C20H18N2O3/c1-12-18(15-9-5-6-10-16(15)21(12)2)19-13-7-3-4-8-14(13)20(25)22(19)11-17(23)24/h3-10,19H,11H2,1-2H3,(H,23,24)/p-1/t19-/m0/s1. The van der Waals surface area contributed by atoms with Crippen molar-refractivity contribution >= 4 is 22.8 Å². The number of aromatic nitrogens is 1. The van der Waals surface area contributed by atoms with E-state index in [2.05, 4.69) is 4.57 Å². The van der Waals surface area contributed by atoms with Crippen LogP contribution in [0.4, 0.5) is 0 Å². The maximum atomic E-state index is 12.8. The molecule has 1 aromatic heterocycles. The van der Waals surface area contributed by atoms with Crippen molar-refractivity contribution in [3.05, 3.63) is 70.9 Å². The Morgan fingerprint density at radius 1 is 1.12 bits per heavy atom. The summed E-state index contributed by atoms with van der Waals surface area (Å²) in [5.41, 5.74) is 4.44. The predicted molar refractivity (Wildman–Crippen MR) is 92.0 cm³/mol. The highest BCUT2D eigenvalue weighted by molar-refractivity contribution is 6.02. The number of carboxylic acids is 1. The molecule has 2 aromatic carbocycles. The van der Waals surface area contributed by atoms with Crippen molar-refractivity contribution in [3.8, 4) is 0 Å². The van der Waals surface area contributed by atoms with Crippen LogP contribution in [-0.4, -0.2) is 27.9 Å². The van der Waals surface area contributed by atoms with Crippen LogP contribution in [-0.2, 0) is 11.8 Å². The van der Waals surface area contributed by atoms with Gasteiger partial charge in [-0.3, -0.25) is 4.79 Å². The average molecular weight is 333 g/mol. The first-order chi connectivity index (χ1) is 12.0. The van der Waals surface area contributed by atoms with Gasteiger partial charge in [-0.25, -0.2) is 0 Å². The molecule has 25 heavy (non-hydrogen) atoms. The molecule has 0 radical (unpaired) electrons. The minimum atomic E-state index is -1.26. The first-order valence-corrected chi connectivity index (χ1v) is 8.14. The lowest BCUT2D eigenvalue weighted by Crippen LogP contribution is -2.40. The summed E-state index contributed by atoms with van der Waals surface area (Å²) < 4.78 is 2.08. The number of carbonyl (C=O) groups excluding carboxylic acids is 2. The third-order valence-corrected chi connectivity index (χ3v) is 5.08. The van der Waals surface area contributed by atoms with Gasteiger partial charge in [-0.15, -0.1) is 0 Å². The Morgan fingerprint density at radius 3 is 2.56 bits per heavy atom. The summed E-state index contributed by atoms with van der Waals surface area (Å²) in [7, 11) is 1.98. The molecular formula is C20H17N2O3-. The lowest BCUT2D eigenvalue weighted by Gasteiger charge is -2.26. The van der Waals surface area contributed by atoms with Crippen molar-refractivity contribution in [3.63, 3.8) is 0 Å². The molecule has 4 rings (SSSR count). The number of rotatable bonds is 3. The first-order valence-electron chi connectivity index (χ1n) is 8.14. The van der Waals surface area contributed by atoms with Gasteiger partial charge in [0.1, 0.15) is 0 Å². The normalized spacial score (nSPS) is 16.5. The van der Waals surface area contributed by atoms with Crippen LogP contribution in [0.2, 0.25) is 0 Å². The molecule has 0 aliphatic carbocycles. The van der Waals surface area contributed by atoms with Crippen molar-refractivity contribution in [2.75, 3.05) is 6.54 Å². The summed E-state index contributed by atoms with van der Waals surface area (Å²) in [4.78, 5) is 25.5. The van der Waals surface area contributed by atoms with Crippen LogP contribution in [0, 0.1) is 6.92 Å². The van der Waals surface area contributed by atoms with Gasteiger partial charge in [0.15, 0.2) is 0 Å². The number of aliphatic carboxylic acids is 1. The Morgan fingerprint density at radius 2 is 1.80 bits per heavy atom. The van der Waals surface area contributed by atoms with Gasteiger partial charge in [0, 0.05) is 34.8 Å². The highest BCUT2D eigenvalue weighted by Gasteiger charge is 2.39. The summed E-state index contributed by atoms with van der Waals surface area (Å²) in [6.07, 6.45) is 0. The molecular weight excluding hydrogens is 316 g/mol. The third-order valence-electron chi connectivity index (χ3n) is 5.08. The molecule has 0 saturated heterocycles. The SMILES string of the molecule is Cc1c([C@@H]2c3ccccc3C(=O)N2CC(=O)[O-])c2ccccc2n1C. The van der Waals surface area contributed by atoms with Crippen LogP contribution in [0.5, 0.6) is 0 Å². The molecule has 0 spiro atoms.